The highest BCUT2D eigenvalue weighted by atomic mass is 35.5. The van der Waals surface area contributed by atoms with Crippen LogP contribution < -0.4 is 9.62 Å². The molecule has 0 spiro atoms. The first-order valence-electron chi connectivity index (χ1n) is 12.1. The summed E-state index contributed by atoms with van der Waals surface area (Å²) in [7, 11) is -4.14. The van der Waals surface area contributed by atoms with Crippen LogP contribution in [0, 0.1) is 6.92 Å². The summed E-state index contributed by atoms with van der Waals surface area (Å²) in [6, 6.07) is 18.6. The molecule has 0 aliphatic carbocycles. The van der Waals surface area contributed by atoms with Crippen LogP contribution in [-0.2, 0) is 26.2 Å². The molecule has 0 radical (unpaired) electrons. The topological polar surface area (TPSA) is 86.8 Å². The Hall–Kier alpha value is -3.07. The Labute approximate surface area is 234 Å². The van der Waals surface area contributed by atoms with Crippen LogP contribution >= 0.6 is 23.2 Å². The molecule has 0 bridgehead atoms. The highest BCUT2D eigenvalue weighted by Gasteiger charge is 2.33. The van der Waals surface area contributed by atoms with E-state index >= 15 is 0 Å². The lowest BCUT2D eigenvalue weighted by Crippen LogP contribution is -2.52. The predicted molar refractivity (Wildman–Crippen MR) is 152 cm³/mol. The number of sulfonamides is 1. The molecular weight excluding hydrogens is 545 g/mol. The molecule has 0 aliphatic rings. The molecule has 3 aromatic rings. The van der Waals surface area contributed by atoms with Gasteiger partial charge in [-0.1, -0.05) is 53.5 Å². The zero-order valence-corrected chi connectivity index (χ0v) is 24.0. The number of hydrogen-bond donors (Lipinski definition) is 1. The number of hydrogen-bond acceptors (Lipinski definition) is 4. The third-order valence-corrected chi connectivity index (χ3v) is 8.12. The van der Waals surface area contributed by atoms with Gasteiger partial charge in [0.15, 0.2) is 0 Å². The molecule has 10 heteroatoms. The fraction of sp³-hybridized carbons (Fsp3) is 0.286. The SMILES string of the molecule is Cc1cc(Cl)ccc1N(CC(=O)N(Cc1cccc(Cl)c1)[C@H](C)C(=O)NC(C)C)S(=O)(=O)c1ccccc1. The van der Waals surface area contributed by atoms with E-state index in [0.29, 0.717) is 26.9 Å². The van der Waals surface area contributed by atoms with Crippen LogP contribution in [-0.4, -0.2) is 43.8 Å². The molecule has 0 saturated heterocycles. The van der Waals surface area contributed by atoms with Crippen LogP contribution in [0.3, 0.4) is 0 Å². The van der Waals surface area contributed by atoms with Gasteiger partial charge in [0.05, 0.1) is 10.6 Å². The van der Waals surface area contributed by atoms with Crippen molar-refractivity contribution in [2.75, 3.05) is 10.8 Å². The average molecular weight is 577 g/mol. The number of carbonyl (C=O) groups is 2. The summed E-state index contributed by atoms with van der Waals surface area (Å²) in [5.41, 5.74) is 1.60. The third-order valence-electron chi connectivity index (χ3n) is 5.88. The van der Waals surface area contributed by atoms with E-state index in [4.69, 9.17) is 23.2 Å². The second-order valence-corrected chi connectivity index (χ2v) is 12.0. The molecule has 1 atom stereocenters. The molecule has 38 heavy (non-hydrogen) atoms. The smallest absolute Gasteiger partial charge is 0.264 e. The summed E-state index contributed by atoms with van der Waals surface area (Å²) in [5.74, 6) is -0.902. The fourth-order valence-electron chi connectivity index (χ4n) is 3.95. The van der Waals surface area contributed by atoms with Gasteiger partial charge in [0.2, 0.25) is 11.8 Å². The molecule has 1 N–H and O–H groups in total. The minimum atomic E-state index is -4.14. The van der Waals surface area contributed by atoms with Crippen LogP contribution in [0.1, 0.15) is 31.9 Å². The van der Waals surface area contributed by atoms with E-state index in [1.165, 1.54) is 17.0 Å². The second-order valence-electron chi connectivity index (χ2n) is 9.25. The van der Waals surface area contributed by atoms with Crippen molar-refractivity contribution in [2.24, 2.45) is 0 Å². The maximum atomic E-state index is 13.9. The molecule has 2 amide bonds. The van der Waals surface area contributed by atoms with Crippen molar-refractivity contribution in [2.45, 2.75) is 51.2 Å². The highest BCUT2D eigenvalue weighted by Crippen LogP contribution is 2.29. The summed E-state index contributed by atoms with van der Waals surface area (Å²) in [4.78, 5) is 28.2. The van der Waals surface area contributed by atoms with Gasteiger partial charge >= 0.3 is 0 Å². The van der Waals surface area contributed by atoms with Gasteiger partial charge in [-0.3, -0.25) is 13.9 Å². The standard InChI is InChI=1S/C28H31Cl2N3O4S/c1-19(2)31-28(35)21(4)32(17-22-9-8-10-23(29)16-22)27(34)18-33(26-14-13-24(30)15-20(26)3)38(36,37)25-11-6-5-7-12-25/h5-16,19,21H,17-18H2,1-4H3,(H,31,35)/t21-/m1/s1. The second kappa shape index (κ2) is 12.7. The maximum absolute atomic E-state index is 13.9. The number of aryl methyl sites for hydroxylation is 1. The first kappa shape index (κ1) is 29.5. The van der Waals surface area contributed by atoms with E-state index in [1.807, 2.05) is 13.8 Å². The van der Waals surface area contributed by atoms with E-state index < -0.39 is 28.5 Å². The van der Waals surface area contributed by atoms with E-state index in [-0.39, 0.29) is 23.4 Å². The maximum Gasteiger partial charge on any atom is 0.264 e. The number of nitrogens with one attached hydrogen (secondary N) is 1. The number of rotatable bonds is 10. The van der Waals surface area contributed by atoms with Crippen molar-refractivity contribution < 1.29 is 18.0 Å². The quantitative estimate of drug-likeness (QED) is 0.348. The molecular formula is C28H31Cl2N3O4S. The summed E-state index contributed by atoms with van der Waals surface area (Å²) in [6.07, 6.45) is 0. The van der Waals surface area contributed by atoms with Crippen molar-refractivity contribution in [3.8, 4) is 0 Å². The average Bonchev–Trinajstić information content (AvgIpc) is 2.86. The summed E-state index contributed by atoms with van der Waals surface area (Å²) in [6.45, 7) is 6.52. The zero-order chi connectivity index (χ0) is 28.0. The number of amides is 2. The fourth-order valence-corrected chi connectivity index (χ4v) is 5.89. The van der Waals surface area contributed by atoms with Gasteiger partial charge in [-0.05, 0) is 81.3 Å². The molecule has 202 valence electrons. The molecule has 0 unspecified atom stereocenters. The summed E-state index contributed by atoms with van der Waals surface area (Å²) in [5, 5.41) is 3.75. The molecule has 0 saturated carbocycles. The van der Waals surface area contributed by atoms with Crippen LogP contribution in [0.4, 0.5) is 5.69 Å². The monoisotopic (exact) mass is 575 g/mol. The van der Waals surface area contributed by atoms with Crippen molar-refractivity contribution >= 4 is 50.7 Å². The molecule has 0 aliphatic heterocycles. The molecule has 3 aromatic carbocycles. The Balaban J connectivity index is 2.06. The van der Waals surface area contributed by atoms with Crippen LogP contribution in [0.5, 0.6) is 0 Å². The molecule has 0 aromatic heterocycles. The first-order chi connectivity index (χ1) is 17.9. The van der Waals surface area contributed by atoms with Crippen molar-refractivity contribution in [1.29, 1.82) is 0 Å². The normalized spacial score (nSPS) is 12.2. The van der Waals surface area contributed by atoms with Crippen molar-refractivity contribution in [1.82, 2.24) is 10.2 Å². The minimum Gasteiger partial charge on any atom is -0.352 e. The molecule has 0 heterocycles. The molecule has 3 rings (SSSR count). The largest absolute Gasteiger partial charge is 0.352 e. The van der Waals surface area contributed by atoms with Crippen molar-refractivity contribution in [3.05, 3.63) is 94.0 Å². The van der Waals surface area contributed by atoms with Crippen LogP contribution in [0.2, 0.25) is 10.0 Å². The van der Waals surface area contributed by atoms with Crippen LogP contribution in [0.25, 0.3) is 0 Å². The zero-order valence-electron chi connectivity index (χ0n) is 21.7. The lowest BCUT2D eigenvalue weighted by Gasteiger charge is -2.32. The highest BCUT2D eigenvalue weighted by molar-refractivity contribution is 7.92. The van der Waals surface area contributed by atoms with Gasteiger partial charge < -0.3 is 10.2 Å². The van der Waals surface area contributed by atoms with Gasteiger partial charge in [-0.15, -0.1) is 0 Å². The summed E-state index contributed by atoms with van der Waals surface area (Å²) < 4.78 is 28.7. The van der Waals surface area contributed by atoms with E-state index in [1.54, 1.807) is 74.5 Å². The van der Waals surface area contributed by atoms with E-state index in [0.717, 1.165) is 4.31 Å². The number of carbonyl (C=O) groups excluding carboxylic acids is 2. The van der Waals surface area contributed by atoms with Crippen molar-refractivity contribution in [3.63, 3.8) is 0 Å². The Bertz CT molecular complexity index is 1400. The Morgan fingerprint density at radius 1 is 0.895 bits per heavy atom. The van der Waals surface area contributed by atoms with Crippen LogP contribution in [0.15, 0.2) is 77.7 Å². The number of benzene rings is 3. The minimum absolute atomic E-state index is 0.0362. The lowest BCUT2D eigenvalue weighted by atomic mass is 10.1. The van der Waals surface area contributed by atoms with E-state index in [9.17, 15) is 18.0 Å². The van der Waals surface area contributed by atoms with Gasteiger partial charge in [0.1, 0.15) is 12.6 Å². The number of halogens is 2. The Morgan fingerprint density at radius 3 is 2.16 bits per heavy atom. The number of anilines is 1. The Kier molecular flexibility index (Phi) is 9.82. The van der Waals surface area contributed by atoms with Gasteiger partial charge in [-0.25, -0.2) is 8.42 Å². The van der Waals surface area contributed by atoms with Gasteiger partial charge in [0.25, 0.3) is 10.0 Å². The Morgan fingerprint density at radius 2 is 1.55 bits per heavy atom. The third kappa shape index (κ3) is 7.28. The van der Waals surface area contributed by atoms with E-state index in [2.05, 4.69) is 5.32 Å². The number of nitrogens with zero attached hydrogens (tertiary/aromatic N) is 2. The predicted octanol–water partition coefficient (Wildman–Crippen LogP) is 5.44. The molecule has 0 fully saturated rings. The first-order valence-corrected chi connectivity index (χ1v) is 14.3. The summed E-state index contributed by atoms with van der Waals surface area (Å²) >= 11 is 12.3. The van der Waals surface area contributed by atoms with Gasteiger partial charge in [0, 0.05) is 22.6 Å². The van der Waals surface area contributed by atoms with Gasteiger partial charge in [-0.2, -0.15) is 0 Å². The lowest BCUT2D eigenvalue weighted by molar-refractivity contribution is -0.139. The molecule has 7 nitrogen and oxygen atoms in total.